The highest BCUT2D eigenvalue weighted by molar-refractivity contribution is 5.70. The number of phenolic OH excluding ortho intramolecular Hbond substituents is 2. The Kier molecular flexibility index (Phi) is 24.9. The Labute approximate surface area is 512 Å². The van der Waals surface area contributed by atoms with Crippen molar-refractivity contribution in [2.24, 2.45) is 0 Å². The summed E-state index contributed by atoms with van der Waals surface area (Å²) in [5, 5.41) is 44.8. The summed E-state index contributed by atoms with van der Waals surface area (Å²) in [5.41, 5.74) is 6.54. The average molecular weight is 1180 g/mol. The van der Waals surface area contributed by atoms with Crippen molar-refractivity contribution in [2.75, 3.05) is 26.3 Å². The van der Waals surface area contributed by atoms with E-state index in [9.17, 15) is 30.0 Å². The molecule has 2 unspecified atom stereocenters. The van der Waals surface area contributed by atoms with Gasteiger partial charge in [0, 0.05) is 79.2 Å². The molecule has 0 radical (unpaired) electrons. The fourth-order valence-electron chi connectivity index (χ4n) is 13.8. The number of aryl methyl sites for hydroxylation is 6. The van der Waals surface area contributed by atoms with E-state index in [1.54, 1.807) is 0 Å². The number of β-amino-alcohol motifs (C(OH)–C–C–N with tert-alkyl or cyclic N) is 2. The molecule has 0 amide bonds. The van der Waals surface area contributed by atoms with E-state index in [0.29, 0.717) is 74.6 Å². The molecule has 2 fully saturated rings. The molecule has 4 aromatic rings. The molecule has 0 saturated carbocycles. The van der Waals surface area contributed by atoms with E-state index in [2.05, 4.69) is 155 Å². The van der Waals surface area contributed by atoms with Gasteiger partial charge in [0.25, 0.3) is 0 Å². The third-order valence-electron chi connectivity index (χ3n) is 18.3. The van der Waals surface area contributed by atoms with Gasteiger partial charge in [-0.05, 0) is 188 Å². The first-order valence-corrected chi connectivity index (χ1v) is 32.6. The van der Waals surface area contributed by atoms with Crippen LogP contribution in [-0.4, -0.2) is 115 Å². The zero-order valence-corrected chi connectivity index (χ0v) is 54.8. The third kappa shape index (κ3) is 19.4. The van der Waals surface area contributed by atoms with Crippen molar-refractivity contribution in [1.82, 2.24) is 9.80 Å². The smallest absolute Gasteiger partial charge is 0.306 e. The van der Waals surface area contributed by atoms with Gasteiger partial charge in [0.2, 0.25) is 0 Å². The van der Waals surface area contributed by atoms with Gasteiger partial charge < -0.3 is 39.4 Å². The summed E-state index contributed by atoms with van der Waals surface area (Å²) in [7, 11) is 0. The normalized spacial score (nSPS) is 18.0. The summed E-state index contributed by atoms with van der Waals surface area (Å²) in [6, 6.07) is 24.4. The zero-order chi connectivity index (χ0) is 62.3. The lowest BCUT2D eigenvalue weighted by Gasteiger charge is -2.55. The number of hydrogen-bond acceptors (Lipinski definition) is 12. The van der Waals surface area contributed by atoms with Crippen LogP contribution in [0.25, 0.3) is 0 Å². The van der Waals surface area contributed by atoms with E-state index in [1.807, 2.05) is 24.3 Å². The Hall–Kier alpha value is -5.14. The second kappa shape index (κ2) is 30.7. The number of esters is 2. The SMILES string of the molecule is CCCCc1cc(CCC(=O)OC2CC(C)(C)N(CC(O)COc3ccc(C(C)(C)c4ccc(OCC(O)CN5C(C)(C)CC(OC(=O)CCc6cc(CCCC)c(O)c(CCCC)c6)CC5(C)C)cc4)cc3)C(C)(C)C2)cc(CCCC)c1O. The number of rotatable bonds is 32. The standard InChI is InChI=1S/C73H110N2O10/c1-15-19-23-53-39-51(40-54(67(53)80)24-20-16-2)27-37-65(78)84-63-43-69(5,6)74(70(7,8)44-63)47-59(76)49-82-61-33-29-57(30-34-61)73(13,14)58-31-35-62(36-32-58)83-50-60(77)48-75-71(9,10)45-64(46-72(75,11)12)85-66(79)38-28-52-41-55(25-21-17-3)68(81)56(42-52)26-22-18-4/h29-36,39-42,59-60,63-64,76-77,80-81H,15-28,37-38,43-50H2,1-14H3. The first-order chi connectivity index (χ1) is 40.1. The van der Waals surface area contributed by atoms with Crippen LogP contribution < -0.4 is 9.47 Å². The molecule has 85 heavy (non-hydrogen) atoms. The molecule has 6 rings (SSSR count). The van der Waals surface area contributed by atoms with E-state index < -0.39 is 12.2 Å². The van der Waals surface area contributed by atoms with Crippen LogP contribution >= 0.6 is 0 Å². The molecule has 2 aliphatic rings. The molecule has 0 aliphatic carbocycles. The highest BCUT2D eigenvalue weighted by Gasteiger charge is 2.48. The summed E-state index contributed by atoms with van der Waals surface area (Å²) >= 11 is 0. The lowest BCUT2D eigenvalue weighted by Crippen LogP contribution is -2.64. The van der Waals surface area contributed by atoms with E-state index in [1.165, 1.54) is 0 Å². The Bertz CT molecular complexity index is 2470. The third-order valence-corrected chi connectivity index (χ3v) is 18.3. The van der Waals surface area contributed by atoms with Crippen molar-refractivity contribution in [2.45, 2.75) is 277 Å². The fraction of sp³-hybridized carbons (Fsp3) is 0.644. The molecule has 12 heteroatoms. The summed E-state index contributed by atoms with van der Waals surface area (Å²) in [6.45, 7) is 31.3. The number of likely N-dealkylation sites (tertiary alicyclic amines) is 2. The van der Waals surface area contributed by atoms with Crippen LogP contribution in [0.5, 0.6) is 23.0 Å². The Morgan fingerprint density at radius 3 is 1.05 bits per heavy atom. The minimum absolute atomic E-state index is 0.132. The number of ether oxygens (including phenoxy) is 4. The number of piperidine rings is 2. The number of hydrogen-bond donors (Lipinski definition) is 4. The van der Waals surface area contributed by atoms with Crippen LogP contribution in [0.15, 0.2) is 72.8 Å². The maximum absolute atomic E-state index is 13.4. The average Bonchev–Trinajstić information content (AvgIpc) is 3.41. The summed E-state index contributed by atoms with van der Waals surface area (Å²) in [5.74, 6) is 1.79. The van der Waals surface area contributed by atoms with Crippen molar-refractivity contribution >= 4 is 11.9 Å². The highest BCUT2D eigenvalue weighted by Crippen LogP contribution is 2.42. The van der Waals surface area contributed by atoms with Crippen molar-refractivity contribution in [3.8, 4) is 23.0 Å². The first kappa shape index (κ1) is 69.0. The molecule has 2 heterocycles. The number of unbranched alkanes of at least 4 members (excludes halogenated alkanes) is 4. The lowest BCUT2D eigenvalue weighted by molar-refractivity contribution is -0.163. The van der Waals surface area contributed by atoms with Crippen LogP contribution in [0.1, 0.15) is 231 Å². The molecule has 4 N–H and O–H groups in total. The Balaban J connectivity index is 0.935. The van der Waals surface area contributed by atoms with Gasteiger partial charge in [-0.15, -0.1) is 0 Å². The van der Waals surface area contributed by atoms with E-state index in [0.717, 1.165) is 122 Å². The van der Waals surface area contributed by atoms with Gasteiger partial charge in [-0.25, -0.2) is 0 Å². The van der Waals surface area contributed by atoms with Gasteiger partial charge in [-0.3, -0.25) is 19.4 Å². The van der Waals surface area contributed by atoms with Gasteiger partial charge in [-0.1, -0.05) is 116 Å². The molecule has 12 nitrogen and oxygen atoms in total. The molecule has 2 aliphatic heterocycles. The number of aliphatic hydroxyl groups excluding tert-OH is 2. The number of nitrogens with zero attached hydrogens (tertiary/aromatic N) is 2. The Morgan fingerprint density at radius 2 is 0.776 bits per heavy atom. The van der Waals surface area contributed by atoms with Crippen LogP contribution in [0.4, 0.5) is 0 Å². The van der Waals surface area contributed by atoms with Crippen LogP contribution in [-0.2, 0) is 63.0 Å². The number of carbonyl (C=O) groups excluding carboxylic acids is 2. The Morgan fingerprint density at radius 1 is 0.494 bits per heavy atom. The largest absolute Gasteiger partial charge is 0.507 e. The van der Waals surface area contributed by atoms with Crippen molar-refractivity contribution in [1.29, 1.82) is 0 Å². The second-order valence-corrected chi connectivity index (χ2v) is 28.1. The lowest BCUT2D eigenvalue weighted by atomic mass is 9.77. The van der Waals surface area contributed by atoms with Crippen molar-refractivity contribution in [3.05, 3.63) is 117 Å². The minimum Gasteiger partial charge on any atom is -0.507 e. The number of benzene rings is 4. The molecule has 2 atom stereocenters. The van der Waals surface area contributed by atoms with E-state index in [4.69, 9.17) is 18.9 Å². The molecule has 0 spiro atoms. The first-order valence-electron chi connectivity index (χ1n) is 32.6. The summed E-state index contributed by atoms with van der Waals surface area (Å²) in [4.78, 5) is 31.4. The molecule has 2 saturated heterocycles. The van der Waals surface area contributed by atoms with Crippen LogP contribution in [0.2, 0.25) is 0 Å². The highest BCUT2D eigenvalue weighted by atomic mass is 16.5. The van der Waals surface area contributed by atoms with Crippen molar-refractivity contribution in [3.63, 3.8) is 0 Å². The van der Waals surface area contributed by atoms with Crippen LogP contribution in [0.3, 0.4) is 0 Å². The van der Waals surface area contributed by atoms with Gasteiger partial charge in [0.05, 0.1) is 0 Å². The predicted molar refractivity (Wildman–Crippen MR) is 343 cm³/mol. The quantitative estimate of drug-likeness (QED) is 0.0344. The number of aromatic hydroxyl groups is 2. The second-order valence-electron chi connectivity index (χ2n) is 28.1. The predicted octanol–water partition coefficient (Wildman–Crippen LogP) is 14.7. The monoisotopic (exact) mass is 1170 g/mol. The number of aliphatic hydroxyl groups is 2. The molecular formula is C73H110N2O10. The topological polar surface area (TPSA) is 158 Å². The fourth-order valence-corrected chi connectivity index (χ4v) is 13.8. The molecule has 472 valence electrons. The maximum atomic E-state index is 13.4. The van der Waals surface area contributed by atoms with Crippen LogP contribution in [0, 0.1) is 0 Å². The maximum Gasteiger partial charge on any atom is 0.306 e. The zero-order valence-electron chi connectivity index (χ0n) is 54.8. The molecule has 0 bridgehead atoms. The molecule has 0 aromatic heterocycles. The number of phenols is 2. The van der Waals surface area contributed by atoms with Gasteiger partial charge in [0.15, 0.2) is 0 Å². The molecule has 4 aromatic carbocycles. The van der Waals surface area contributed by atoms with Gasteiger partial charge >= 0.3 is 11.9 Å². The van der Waals surface area contributed by atoms with Gasteiger partial charge in [0.1, 0.15) is 60.6 Å². The van der Waals surface area contributed by atoms with E-state index in [-0.39, 0.29) is 77.8 Å². The van der Waals surface area contributed by atoms with Gasteiger partial charge in [-0.2, -0.15) is 0 Å². The molecular weight excluding hydrogens is 1060 g/mol. The number of carbonyl (C=O) groups is 2. The minimum atomic E-state index is -0.747. The van der Waals surface area contributed by atoms with Crippen molar-refractivity contribution < 1.29 is 49.0 Å². The summed E-state index contributed by atoms with van der Waals surface area (Å²) in [6.07, 6.45) is 13.9. The summed E-state index contributed by atoms with van der Waals surface area (Å²) < 4.78 is 24.7. The van der Waals surface area contributed by atoms with E-state index >= 15 is 0 Å².